The molecule has 0 fully saturated rings. The third-order valence-corrected chi connectivity index (χ3v) is 5.10. The number of para-hydroxylation sites is 2. The van der Waals surface area contributed by atoms with Crippen LogP contribution in [-0.2, 0) is 0 Å². The molecule has 0 amide bonds. The smallest absolute Gasteiger partial charge is 0.348 e. The Labute approximate surface area is 147 Å². The molecule has 0 saturated carbocycles. The number of hydrogen-bond donors (Lipinski definition) is 0. The first-order chi connectivity index (χ1) is 12.8. The summed E-state index contributed by atoms with van der Waals surface area (Å²) in [5.74, 6) is 0. The van der Waals surface area contributed by atoms with Crippen molar-refractivity contribution in [2.24, 2.45) is 0 Å². The van der Waals surface area contributed by atoms with Crippen molar-refractivity contribution in [2.45, 2.75) is 0 Å². The normalized spacial score (nSPS) is 12.0. The summed E-state index contributed by atoms with van der Waals surface area (Å²) in [5.41, 5.74) is 1.59. The van der Waals surface area contributed by atoms with Crippen molar-refractivity contribution in [1.82, 2.24) is 0 Å². The predicted molar refractivity (Wildman–Crippen MR) is 105 cm³/mol. The lowest BCUT2D eigenvalue weighted by Crippen LogP contribution is -2.01. The Balaban J connectivity index is 2.10. The molecule has 0 radical (unpaired) electrons. The standard InChI is InChI=1S/C23H12O3/c24-23-21-19(15-9-3-6-12-18(15)26-23)13-7-1-2-8-14(13)20-16-10-4-5-11-17(16)25-22(20)21/h1-12H. The van der Waals surface area contributed by atoms with Crippen LogP contribution in [0.25, 0.3) is 54.5 Å². The highest BCUT2D eigenvalue weighted by Gasteiger charge is 2.20. The monoisotopic (exact) mass is 336 g/mol. The van der Waals surface area contributed by atoms with Gasteiger partial charge in [0.15, 0.2) is 5.58 Å². The minimum absolute atomic E-state index is 0.367. The molecule has 6 rings (SSSR count). The fraction of sp³-hybridized carbons (Fsp3) is 0. The van der Waals surface area contributed by atoms with Crippen molar-refractivity contribution in [3.8, 4) is 0 Å². The Morgan fingerprint density at radius 1 is 0.500 bits per heavy atom. The second-order valence-electron chi connectivity index (χ2n) is 6.48. The van der Waals surface area contributed by atoms with Crippen LogP contribution in [0, 0.1) is 0 Å². The van der Waals surface area contributed by atoms with E-state index in [0.29, 0.717) is 16.6 Å². The molecular weight excluding hydrogens is 324 g/mol. The Morgan fingerprint density at radius 2 is 1.00 bits per heavy atom. The molecule has 0 spiro atoms. The van der Waals surface area contributed by atoms with Gasteiger partial charge in [-0.05, 0) is 22.9 Å². The first-order valence-corrected chi connectivity index (χ1v) is 8.50. The van der Waals surface area contributed by atoms with Gasteiger partial charge in [-0.2, -0.15) is 0 Å². The van der Waals surface area contributed by atoms with Crippen LogP contribution >= 0.6 is 0 Å². The molecule has 4 aromatic carbocycles. The molecule has 0 N–H and O–H groups in total. The van der Waals surface area contributed by atoms with Crippen molar-refractivity contribution in [1.29, 1.82) is 0 Å². The molecule has 3 heteroatoms. The highest BCUT2D eigenvalue weighted by Crippen LogP contribution is 2.41. The van der Waals surface area contributed by atoms with Crippen LogP contribution in [0.15, 0.2) is 86.4 Å². The molecule has 2 heterocycles. The lowest BCUT2D eigenvalue weighted by atomic mass is 9.96. The van der Waals surface area contributed by atoms with Crippen molar-refractivity contribution >= 4 is 54.5 Å². The summed E-state index contributed by atoms with van der Waals surface area (Å²) < 4.78 is 11.8. The molecule has 26 heavy (non-hydrogen) atoms. The minimum atomic E-state index is -0.367. The van der Waals surface area contributed by atoms with E-state index < -0.39 is 0 Å². The van der Waals surface area contributed by atoms with Gasteiger partial charge in [-0.15, -0.1) is 0 Å². The van der Waals surface area contributed by atoms with Crippen LogP contribution in [0.4, 0.5) is 0 Å². The van der Waals surface area contributed by atoms with E-state index in [1.54, 1.807) is 0 Å². The SMILES string of the molecule is O=c1oc2ccccc2c2c3ccccc3c3c4ccccc4oc3c12. The van der Waals surface area contributed by atoms with E-state index in [0.717, 1.165) is 37.9 Å². The largest absolute Gasteiger partial charge is 0.455 e. The third-order valence-electron chi connectivity index (χ3n) is 5.10. The van der Waals surface area contributed by atoms with E-state index in [2.05, 4.69) is 12.1 Å². The number of fused-ring (bicyclic) bond motifs is 10. The lowest BCUT2D eigenvalue weighted by Gasteiger charge is -2.08. The van der Waals surface area contributed by atoms with Gasteiger partial charge in [-0.3, -0.25) is 0 Å². The first-order valence-electron chi connectivity index (χ1n) is 8.50. The van der Waals surface area contributed by atoms with Gasteiger partial charge in [-0.25, -0.2) is 4.79 Å². The fourth-order valence-electron chi connectivity index (χ4n) is 4.04. The van der Waals surface area contributed by atoms with Gasteiger partial charge in [0.2, 0.25) is 0 Å². The third kappa shape index (κ3) is 1.60. The summed E-state index contributed by atoms with van der Waals surface area (Å²) in [7, 11) is 0. The average molecular weight is 336 g/mol. The van der Waals surface area contributed by atoms with E-state index in [4.69, 9.17) is 8.83 Å². The highest BCUT2D eigenvalue weighted by atomic mass is 16.4. The number of rotatable bonds is 0. The van der Waals surface area contributed by atoms with E-state index in [1.165, 1.54) is 0 Å². The molecule has 2 aromatic heterocycles. The topological polar surface area (TPSA) is 43.4 Å². The molecule has 0 aliphatic rings. The van der Waals surface area contributed by atoms with Gasteiger partial charge in [-0.1, -0.05) is 60.7 Å². The maximum absolute atomic E-state index is 12.9. The van der Waals surface area contributed by atoms with Gasteiger partial charge in [0.25, 0.3) is 0 Å². The highest BCUT2D eigenvalue weighted by molar-refractivity contribution is 6.33. The molecule has 0 bridgehead atoms. The van der Waals surface area contributed by atoms with Gasteiger partial charge < -0.3 is 8.83 Å². The zero-order valence-corrected chi connectivity index (χ0v) is 13.7. The Morgan fingerprint density at radius 3 is 1.69 bits per heavy atom. The molecule has 0 unspecified atom stereocenters. The van der Waals surface area contributed by atoms with Crippen LogP contribution in [0.5, 0.6) is 0 Å². The Hall–Kier alpha value is -3.59. The van der Waals surface area contributed by atoms with E-state index in [9.17, 15) is 4.79 Å². The van der Waals surface area contributed by atoms with Crippen molar-refractivity contribution < 1.29 is 8.83 Å². The zero-order valence-electron chi connectivity index (χ0n) is 13.7. The molecule has 0 saturated heterocycles. The Bertz CT molecular complexity index is 1550. The summed E-state index contributed by atoms with van der Waals surface area (Å²) in [4.78, 5) is 12.9. The van der Waals surface area contributed by atoms with Crippen molar-refractivity contribution in [3.63, 3.8) is 0 Å². The maximum atomic E-state index is 12.9. The molecule has 0 aliphatic heterocycles. The van der Waals surface area contributed by atoms with E-state index in [1.807, 2.05) is 60.7 Å². The summed E-state index contributed by atoms with van der Waals surface area (Å²) in [6.07, 6.45) is 0. The fourth-order valence-corrected chi connectivity index (χ4v) is 4.04. The predicted octanol–water partition coefficient (Wildman–Crippen LogP) is 6.00. The van der Waals surface area contributed by atoms with Crippen molar-refractivity contribution in [2.75, 3.05) is 0 Å². The van der Waals surface area contributed by atoms with Crippen LogP contribution in [-0.4, -0.2) is 0 Å². The molecule has 6 aromatic rings. The molecule has 3 nitrogen and oxygen atoms in total. The van der Waals surface area contributed by atoms with E-state index in [-0.39, 0.29) is 5.63 Å². The second kappa shape index (κ2) is 4.73. The number of furan rings is 1. The average Bonchev–Trinajstić information content (AvgIpc) is 3.07. The van der Waals surface area contributed by atoms with Crippen LogP contribution < -0.4 is 5.63 Å². The van der Waals surface area contributed by atoms with Crippen LogP contribution in [0.3, 0.4) is 0 Å². The summed E-state index contributed by atoms with van der Waals surface area (Å²) in [6, 6.07) is 23.7. The van der Waals surface area contributed by atoms with Gasteiger partial charge in [0, 0.05) is 21.5 Å². The van der Waals surface area contributed by atoms with Crippen LogP contribution in [0.1, 0.15) is 0 Å². The summed E-state index contributed by atoms with van der Waals surface area (Å²) in [6.45, 7) is 0. The van der Waals surface area contributed by atoms with Crippen molar-refractivity contribution in [3.05, 3.63) is 83.2 Å². The molecule has 0 aliphatic carbocycles. The first kappa shape index (κ1) is 13.7. The quantitative estimate of drug-likeness (QED) is 0.252. The summed E-state index contributed by atoms with van der Waals surface area (Å²) in [5, 5.41) is 6.40. The van der Waals surface area contributed by atoms with Crippen LogP contribution in [0.2, 0.25) is 0 Å². The molecular formula is C23H12O3. The number of hydrogen-bond acceptors (Lipinski definition) is 3. The Kier molecular flexibility index (Phi) is 2.49. The number of benzene rings is 4. The van der Waals surface area contributed by atoms with Gasteiger partial charge in [0.05, 0.1) is 0 Å². The molecule has 122 valence electrons. The van der Waals surface area contributed by atoms with E-state index >= 15 is 0 Å². The van der Waals surface area contributed by atoms with Gasteiger partial charge in [0.1, 0.15) is 16.6 Å². The minimum Gasteiger partial charge on any atom is -0.455 e. The summed E-state index contributed by atoms with van der Waals surface area (Å²) >= 11 is 0. The van der Waals surface area contributed by atoms with Gasteiger partial charge >= 0.3 is 5.63 Å². The zero-order chi connectivity index (χ0) is 17.3. The maximum Gasteiger partial charge on any atom is 0.348 e. The second-order valence-corrected chi connectivity index (χ2v) is 6.48. The lowest BCUT2D eigenvalue weighted by molar-refractivity contribution is 0.568. The molecule has 0 atom stereocenters.